The van der Waals surface area contributed by atoms with E-state index < -0.39 is 0 Å². The molecule has 1 aliphatic heterocycles. The van der Waals surface area contributed by atoms with Gasteiger partial charge in [0, 0.05) is 0 Å². The van der Waals surface area contributed by atoms with E-state index in [0.717, 1.165) is 11.4 Å². The summed E-state index contributed by atoms with van der Waals surface area (Å²) < 4.78 is 7.03. The first-order valence-electron chi connectivity index (χ1n) is 5.21. The molecule has 1 atom stereocenters. The van der Waals surface area contributed by atoms with Crippen LogP contribution in [0, 0.1) is 0 Å². The topological polar surface area (TPSA) is 104 Å². The molecule has 1 aromatic carbocycles. The van der Waals surface area contributed by atoms with Gasteiger partial charge in [-0.2, -0.15) is 0 Å². The minimum absolute atomic E-state index is 0.169. The van der Waals surface area contributed by atoms with E-state index in [1.54, 1.807) is 0 Å². The van der Waals surface area contributed by atoms with Crippen molar-refractivity contribution in [3.8, 4) is 5.75 Å². The number of hydrogen-bond donors (Lipinski definition) is 3. The van der Waals surface area contributed by atoms with E-state index in [2.05, 4.69) is 15.5 Å². The molecule has 2 aromatic rings. The minimum Gasteiger partial charge on any atom is -0.478 e. The van der Waals surface area contributed by atoms with Gasteiger partial charge in [0.15, 0.2) is 11.9 Å². The van der Waals surface area contributed by atoms with Crippen LogP contribution >= 0.6 is 0 Å². The van der Waals surface area contributed by atoms with E-state index in [0.29, 0.717) is 12.4 Å². The van der Waals surface area contributed by atoms with E-state index >= 15 is 0 Å². The molecule has 2 heterocycles. The SMILES string of the molecule is Nc1nnc(C2CNc3ccccc3O2)n1N. The summed E-state index contributed by atoms with van der Waals surface area (Å²) in [5, 5.41) is 10.9. The number of benzene rings is 1. The number of fused-ring (bicyclic) bond motifs is 1. The molecular weight excluding hydrogens is 220 g/mol. The number of anilines is 2. The van der Waals surface area contributed by atoms with Crippen LogP contribution in [0.4, 0.5) is 11.6 Å². The lowest BCUT2D eigenvalue weighted by atomic mass is 10.2. The Morgan fingerprint density at radius 1 is 1.35 bits per heavy atom. The van der Waals surface area contributed by atoms with Gasteiger partial charge in [0.05, 0.1) is 12.2 Å². The van der Waals surface area contributed by atoms with Crippen LogP contribution in [0.2, 0.25) is 0 Å². The number of rotatable bonds is 1. The molecule has 0 spiro atoms. The largest absolute Gasteiger partial charge is 0.478 e. The third-order valence-electron chi connectivity index (χ3n) is 2.67. The number of nitrogens with one attached hydrogen (secondary N) is 1. The van der Waals surface area contributed by atoms with Gasteiger partial charge in [-0.05, 0) is 12.1 Å². The number of nitrogen functional groups attached to an aromatic ring is 2. The molecule has 0 fully saturated rings. The molecule has 0 bridgehead atoms. The van der Waals surface area contributed by atoms with Crippen LogP contribution in [-0.4, -0.2) is 21.4 Å². The van der Waals surface area contributed by atoms with Crippen LogP contribution in [0.25, 0.3) is 0 Å². The van der Waals surface area contributed by atoms with Crippen molar-refractivity contribution in [1.29, 1.82) is 0 Å². The summed E-state index contributed by atoms with van der Waals surface area (Å²) >= 11 is 0. The Morgan fingerprint density at radius 3 is 2.94 bits per heavy atom. The predicted molar refractivity (Wildman–Crippen MR) is 62.9 cm³/mol. The van der Waals surface area contributed by atoms with Crippen molar-refractivity contribution in [3.05, 3.63) is 30.1 Å². The van der Waals surface area contributed by atoms with Crippen molar-refractivity contribution in [3.63, 3.8) is 0 Å². The van der Waals surface area contributed by atoms with Gasteiger partial charge in [0.25, 0.3) is 0 Å². The highest BCUT2D eigenvalue weighted by Gasteiger charge is 2.25. The summed E-state index contributed by atoms with van der Waals surface area (Å²) in [6.07, 6.45) is -0.292. The maximum atomic E-state index is 5.79. The van der Waals surface area contributed by atoms with Crippen molar-refractivity contribution in [1.82, 2.24) is 14.9 Å². The monoisotopic (exact) mass is 232 g/mol. The van der Waals surface area contributed by atoms with Crippen LogP contribution in [-0.2, 0) is 0 Å². The van der Waals surface area contributed by atoms with Gasteiger partial charge >= 0.3 is 0 Å². The molecular formula is C10H12N6O. The molecule has 7 heteroatoms. The average molecular weight is 232 g/mol. The van der Waals surface area contributed by atoms with Crippen molar-refractivity contribution >= 4 is 11.6 Å². The number of nitrogens with zero attached hydrogens (tertiary/aromatic N) is 3. The fraction of sp³-hybridized carbons (Fsp3) is 0.200. The predicted octanol–water partition coefficient (Wildman–Crippen LogP) is 0.120. The lowest BCUT2D eigenvalue weighted by Crippen LogP contribution is -2.28. The number of hydrogen-bond acceptors (Lipinski definition) is 6. The van der Waals surface area contributed by atoms with Crippen molar-refractivity contribution < 1.29 is 4.74 Å². The van der Waals surface area contributed by atoms with E-state index in [4.69, 9.17) is 16.3 Å². The summed E-state index contributed by atoms with van der Waals surface area (Å²) in [7, 11) is 0. The smallest absolute Gasteiger partial charge is 0.240 e. The van der Waals surface area contributed by atoms with Crippen molar-refractivity contribution in [2.24, 2.45) is 0 Å². The zero-order valence-corrected chi connectivity index (χ0v) is 9.00. The molecule has 0 radical (unpaired) electrons. The fourth-order valence-electron chi connectivity index (χ4n) is 1.79. The van der Waals surface area contributed by atoms with E-state index in [1.807, 2.05) is 24.3 Å². The molecule has 1 aromatic heterocycles. The van der Waals surface area contributed by atoms with Gasteiger partial charge < -0.3 is 21.6 Å². The average Bonchev–Trinajstić information content (AvgIpc) is 2.70. The van der Waals surface area contributed by atoms with Crippen molar-refractivity contribution in [2.45, 2.75) is 6.10 Å². The highest BCUT2D eigenvalue weighted by atomic mass is 16.5. The second kappa shape index (κ2) is 3.55. The lowest BCUT2D eigenvalue weighted by Gasteiger charge is -2.26. The van der Waals surface area contributed by atoms with E-state index in [1.165, 1.54) is 4.68 Å². The van der Waals surface area contributed by atoms with Crippen LogP contribution < -0.4 is 21.6 Å². The Balaban J connectivity index is 1.92. The van der Waals surface area contributed by atoms with Crippen LogP contribution in [0.5, 0.6) is 5.75 Å². The molecule has 7 nitrogen and oxygen atoms in total. The summed E-state index contributed by atoms with van der Waals surface area (Å²) in [4.78, 5) is 0. The zero-order chi connectivity index (χ0) is 11.8. The van der Waals surface area contributed by atoms with Gasteiger partial charge in [-0.1, -0.05) is 12.1 Å². The summed E-state index contributed by atoms with van der Waals surface area (Å²) in [6, 6.07) is 7.69. The maximum Gasteiger partial charge on any atom is 0.240 e. The summed E-state index contributed by atoms with van der Waals surface area (Å²) in [5.74, 6) is 7.15. The Kier molecular flexibility index (Phi) is 2.04. The Labute approximate surface area is 97.4 Å². The molecule has 0 amide bonds. The van der Waals surface area contributed by atoms with E-state index in [9.17, 15) is 0 Å². The Morgan fingerprint density at radius 2 is 2.18 bits per heavy atom. The standard InChI is InChI=1S/C10H12N6O/c11-10-15-14-9(16(10)12)8-5-13-6-3-1-2-4-7(6)17-8/h1-4,8,13H,5,12H2,(H2,11,15). The molecule has 3 rings (SSSR count). The van der Waals surface area contributed by atoms with Gasteiger partial charge in [0.2, 0.25) is 5.95 Å². The van der Waals surface area contributed by atoms with Gasteiger partial charge in [-0.25, -0.2) is 4.68 Å². The third-order valence-corrected chi connectivity index (χ3v) is 2.67. The Bertz CT molecular complexity index is 551. The minimum atomic E-state index is -0.292. The van der Waals surface area contributed by atoms with Crippen molar-refractivity contribution in [2.75, 3.05) is 23.4 Å². The fourth-order valence-corrected chi connectivity index (χ4v) is 1.79. The summed E-state index contributed by atoms with van der Waals surface area (Å²) in [5.41, 5.74) is 6.49. The van der Waals surface area contributed by atoms with Gasteiger partial charge in [0.1, 0.15) is 5.75 Å². The first-order valence-corrected chi connectivity index (χ1v) is 5.21. The summed E-state index contributed by atoms with van der Waals surface area (Å²) in [6.45, 7) is 0.576. The van der Waals surface area contributed by atoms with Crippen LogP contribution in [0.3, 0.4) is 0 Å². The number of ether oxygens (including phenoxy) is 1. The maximum absolute atomic E-state index is 5.79. The van der Waals surface area contributed by atoms with Crippen LogP contribution in [0.15, 0.2) is 24.3 Å². The zero-order valence-electron chi connectivity index (χ0n) is 9.00. The van der Waals surface area contributed by atoms with Gasteiger partial charge in [-0.15, -0.1) is 10.2 Å². The molecule has 5 N–H and O–H groups in total. The molecule has 1 aliphatic rings. The molecule has 0 saturated carbocycles. The third kappa shape index (κ3) is 1.52. The second-order valence-corrected chi connectivity index (χ2v) is 3.77. The molecule has 0 aliphatic carbocycles. The highest BCUT2D eigenvalue weighted by molar-refractivity contribution is 5.57. The number of para-hydroxylation sites is 2. The van der Waals surface area contributed by atoms with Gasteiger partial charge in [-0.3, -0.25) is 0 Å². The number of nitrogens with two attached hydrogens (primary N) is 2. The first-order chi connectivity index (χ1) is 8.25. The molecule has 1 unspecified atom stereocenters. The molecule has 0 saturated heterocycles. The first kappa shape index (κ1) is 9.76. The Hall–Kier alpha value is -2.44. The second-order valence-electron chi connectivity index (χ2n) is 3.77. The van der Waals surface area contributed by atoms with E-state index in [-0.39, 0.29) is 12.1 Å². The lowest BCUT2D eigenvalue weighted by molar-refractivity contribution is 0.197. The number of aromatic nitrogens is 3. The highest BCUT2D eigenvalue weighted by Crippen LogP contribution is 2.32. The molecule has 88 valence electrons. The normalized spacial score (nSPS) is 18.0. The quantitative estimate of drug-likeness (QED) is 0.603. The van der Waals surface area contributed by atoms with Crippen LogP contribution in [0.1, 0.15) is 11.9 Å². The molecule has 17 heavy (non-hydrogen) atoms.